The van der Waals surface area contributed by atoms with E-state index in [2.05, 4.69) is 5.32 Å². The molecular formula is C30H30ClF3N2O6. The van der Waals surface area contributed by atoms with E-state index in [0.717, 1.165) is 6.07 Å². The number of amides is 1. The molecule has 1 aliphatic heterocycles. The molecule has 0 fully saturated rings. The molecule has 224 valence electrons. The highest BCUT2D eigenvalue weighted by Crippen LogP contribution is 2.43. The van der Waals surface area contributed by atoms with Gasteiger partial charge in [0.25, 0.3) is 5.91 Å². The molecule has 8 nitrogen and oxygen atoms in total. The Balaban J connectivity index is 1.67. The number of carbonyl (C=O) groups excluding carboxylic acids is 1. The fourth-order valence-corrected chi connectivity index (χ4v) is 4.76. The number of carboxylic acid groups (broad SMARTS) is 1. The number of alkyl halides is 3. The third kappa shape index (κ3) is 7.02. The zero-order valence-electron chi connectivity index (χ0n) is 23.1. The molecule has 1 amide bonds. The number of ether oxygens (including phenoxy) is 3. The van der Waals surface area contributed by atoms with Gasteiger partial charge in [-0.05, 0) is 48.2 Å². The van der Waals surface area contributed by atoms with E-state index in [1.807, 2.05) is 0 Å². The van der Waals surface area contributed by atoms with E-state index in [1.54, 1.807) is 49.4 Å². The van der Waals surface area contributed by atoms with E-state index in [9.17, 15) is 22.8 Å². The van der Waals surface area contributed by atoms with Crippen molar-refractivity contribution < 1.29 is 42.1 Å². The van der Waals surface area contributed by atoms with Gasteiger partial charge in [0.1, 0.15) is 23.3 Å². The van der Waals surface area contributed by atoms with Crippen LogP contribution in [0.4, 0.5) is 24.5 Å². The zero-order valence-corrected chi connectivity index (χ0v) is 23.9. The summed E-state index contributed by atoms with van der Waals surface area (Å²) in [6, 6.07) is 12.7. The Bertz CT molecular complexity index is 1450. The fourth-order valence-electron chi connectivity index (χ4n) is 4.63. The van der Waals surface area contributed by atoms with Gasteiger partial charge in [0, 0.05) is 41.1 Å². The van der Waals surface area contributed by atoms with Gasteiger partial charge >= 0.3 is 12.1 Å². The first-order valence-electron chi connectivity index (χ1n) is 13.1. The molecule has 4 rings (SSSR count). The number of carbonyl (C=O) groups is 2. The third-order valence-corrected chi connectivity index (χ3v) is 7.24. The van der Waals surface area contributed by atoms with Gasteiger partial charge in [-0.1, -0.05) is 30.7 Å². The quantitative estimate of drug-likeness (QED) is 0.254. The van der Waals surface area contributed by atoms with E-state index >= 15 is 0 Å². The van der Waals surface area contributed by atoms with Crippen molar-refractivity contribution in [2.75, 3.05) is 37.6 Å². The van der Waals surface area contributed by atoms with Gasteiger partial charge in [0.05, 0.1) is 32.3 Å². The molecule has 0 aliphatic carbocycles. The van der Waals surface area contributed by atoms with E-state index in [-0.39, 0.29) is 31.0 Å². The Morgan fingerprint density at radius 2 is 1.74 bits per heavy atom. The van der Waals surface area contributed by atoms with Crippen molar-refractivity contribution in [2.24, 2.45) is 5.92 Å². The number of benzene rings is 3. The Hall–Kier alpha value is -4.12. The molecule has 42 heavy (non-hydrogen) atoms. The number of nitrogens with one attached hydrogen (secondary N) is 1. The van der Waals surface area contributed by atoms with Crippen LogP contribution in [0.25, 0.3) is 0 Å². The number of aliphatic carboxylic acids is 1. The van der Waals surface area contributed by atoms with Crippen molar-refractivity contribution in [2.45, 2.75) is 32.0 Å². The lowest BCUT2D eigenvalue weighted by molar-refractivity contribution is -0.141. The predicted molar refractivity (Wildman–Crippen MR) is 152 cm³/mol. The van der Waals surface area contributed by atoms with E-state index in [1.165, 1.54) is 25.2 Å². The van der Waals surface area contributed by atoms with Crippen LogP contribution in [-0.4, -0.2) is 44.4 Å². The Kier molecular flexibility index (Phi) is 9.40. The minimum Gasteiger partial charge on any atom is -0.497 e. The summed E-state index contributed by atoms with van der Waals surface area (Å²) in [5.74, 6) is -1.51. The van der Waals surface area contributed by atoms with Gasteiger partial charge in [-0.15, -0.1) is 0 Å². The van der Waals surface area contributed by atoms with Crippen molar-refractivity contribution in [3.63, 3.8) is 0 Å². The van der Waals surface area contributed by atoms with Gasteiger partial charge in [-0.2, -0.15) is 13.2 Å². The third-order valence-electron chi connectivity index (χ3n) is 6.99. The summed E-state index contributed by atoms with van der Waals surface area (Å²) >= 11 is 6.09. The van der Waals surface area contributed by atoms with Crippen molar-refractivity contribution in [3.05, 3.63) is 76.3 Å². The SMILES string of the molecule is COc1cc(NC(C(=O)N2CCc3cc(OC)c(C(F)(F)F)cc32)c2ccc(Cl)cc2)cc(OCCC(C)C(=O)O)c1. The Morgan fingerprint density at radius 3 is 2.36 bits per heavy atom. The lowest BCUT2D eigenvalue weighted by atomic mass is 10.0. The molecule has 0 aromatic heterocycles. The van der Waals surface area contributed by atoms with Crippen LogP contribution in [-0.2, 0) is 22.2 Å². The fraction of sp³-hybridized carbons (Fsp3) is 0.333. The summed E-state index contributed by atoms with van der Waals surface area (Å²) in [5.41, 5.74) is 0.732. The second-order valence-corrected chi connectivity index (χ2v) is 10.3. The molecule has 2 N–H and O–H groups in total. The number of halogens is 4. The van der Waals surface area contributed by atoms with Gasteiger partial charge < -0.3 is 29.5 Å². The summed E-state index contributed by atoms with van der Waals surface area (Å²) in [7, 11) is 2.64. The molecule has 2 unspecified atom stereocenters. The number of rotatable bonds is 11. The number of nitrogens with zero attached hydrogens (tertiary/aromatic N) is 1. The molecule has 2 atom stereocenters. The van der Waals surface area contributed by atoms with Crippen LogP contribution in [0.15, 0.2) is 54.6 Å². The standard InChI is InChI=1S/C30H30ClF3N2O6/c1-17(29(38)39)9-11-42-23-14-21(13-22(15-23)40-2)35-27(18-4-6-20(31)7-5-18)28(37)36-10-8-19-12-26(41-3)24(16-25(19)36)30(32,33)34/h4-7,12-17,27,35H,8-11H2,1-3H3,(H,38,39). The number of anilines is 2. The van der Waals surface area contributed by atoms with Crippen LogP contribution in [0.3, 0.4) is 0 Å². The highest BCUT2D eigenvalue weighted by atomic mass is 35.5. The van der Waals surface area contributed by atoms with Crippen LogP contribution in [0.2, 0.25) is 5.02 Å². The van der Waals surface area contributed by atoms with Gasteiger partial charge in [0.2, 0.25) is 0 Å². The van der Waals surface area contributed by atoms with Gasteiger partial charge in [-0.3, -0.25) is 9.59 Å². The smallest absolute Gasteiger partial charge is 0.420 e. The second-order valence-electron chi connectivity index (χ2n) is 9.82. The van der Waals surface area contributed by atoms with Crippen LogP contribution in [0, 0.1) is 5.92 Å². The minimum absolute atomic E-state index is 0.134. The Morgan fingerprint density at radius 1 is 1.05 bits per heavy atom. The first-order chi connectivity index (χ1) is 19.9. The molecule has 3 aromatic carbocycles. The summed E-state index contributed by atoms with van der Waals surface area (Å²) in [4.78, 5) is 26.5. The topological polar surface area (TPSA) is 97.3 Å². The molecule has 0 radical (unpaired) electrons. The van der Waals surface area contributed by atoms with Crippen LogP contribution in [0.5, 0.6) is 17.2 Å². The molecule has 1 aliphatic rings. The molecule has 0 saturated carbocycles. The van der Waals surface area contributed by atoms with E-state index in [4.69, 9.17) is 30.9 Å². The highest BCUT2D eigenvalue weighted by Gasteiger charge is 2.39. The molecule has 3 aromatic rings. The van der Waals surface area contributed by atoms with Crippen LogP contribution in [0.1, 0.15) is 36.1 Å². The number of fused-ring (bicyclic) bond motifs is 1. The molecule has 0 saturated heterocycles. The minimum atomic E-state index is -4.68. The molecule has 0 bridgehead atoms. The predicted octanol–water partition coefficient (Wildman–Crippen LogP) is 6.61. The highest BCUT2D eigenvalue weighted by molar-refractivity contribution is 6.30. The monoisotopic (exact) mass is 606 g/mol. The largest absolute Gasteiger partial charge is 0.497 e. The summed E-state index contributed by atoms with van der Waals surface area (Å²) in [6.45, 7) is 1.89. The first kappa shape index (κ1) is 30.8. The maximum Gasteiger partial charge on any atom is 0.420 e. The second kappa shape index (κ2) is 12.8. The van der Waals surface area contributed by atoms with Crippen molar-refractivity contribution >= 4 is 34.9 Å². The van der Waals surface area contributed by atoms with Gasteiger partial charge in [-0.25, -0.2) is 0 Å². The number of carboxylic acids is 1. The maximum atomic E-state index is 14.1. The normalized spacial score (nSPS) is 14.1. The van der Waals surface area contributed by atoms with Crippen LogP contribution >= 0.6 is 11.6 Å². The average molecular weight is 607 g/mol. The molecular weight excluding hydrogens is 577 g/mol. The number of hydrogen-bond acceptors (Lipinski definition) is 6. The lowest BCUT2D eigenvalue weighted by Gasteiger charge is -2.27. The van der Waals surface area contributed by atoms with Gasteiger partial charge in [0.15, 0.2) is 0 Å². The summed E-state index contributed by atoms with van der Waals surface area (Å²) in [5, 5.41) is 12.8. The average Bonchev–Trinajstić information content (AvgIpc) is 3.37. The van der Waals surface area contributed by atoms with E-state index < -0.39 is 35.6 Å². The van der Waals surface area contributed by atoms with Crippen molar-refractivity contribution in [1.29, 1.82) is 0 Å². The number of methoxy groups -OCH3 is 2. The molecule has 0 spiro atoms. The molecule has 12 heteroatoms. The molecule has 1 heterocycles. The summed E-state index contributed by atoms with van der Waals surface area (Å²) < 4.78 is 57.6. The van der Waals surface area contributed by atoms with Crippen molar-refractivity contribution in [3.8, 4) is 17.2 Å². The summed E-state index contributed by atoms with van der Waals surface area (Å²) in [6.07, 6.45) is -4.04. The Labute approximate surface area is 245 Å². The van der Waals surface area contributed by atoms with E-state index in [0.29, 0.717) is 39.8 Å². The number of hydrogen-bond donors (Lipinski definition) is 2. The zero-order chi connectivity index (χ0) is 30.6. The lowest BCUT2D eigenvalue weighted by Crippen LogP contribution is -2.37. The van der Waals surface area contributed by atoms with Crippen molar-refractivity contribution in [1.82, 2.24) is 0 Å². The first-order valence-corrected chi connectivity index (χ1v) is 13.4. The maximum absolute atomic E-state index is 14.1. The van der Waals surface area contributed by atoms with Crippen LogP contribution < -0.4 is 24.4 Å².